The number of ether oxygens (including phenoxy) is 2. The zero-order valence-corrected chi connectivity index (χ0v) is 23.6. The molecular formula is C27H28ClFN4O4S2. The molecule has 12 heteroatoms. The predicted molar refractivity (Wildman–Crippen MR) is 157 cm³/mol. The largest absolute Gasteiger partial charge is 0.368 e. The maximum Gasteiger partial charge on any atom is 0.255 e. The van der Waals surface area contributed by atoms with E-state index < -0.39 is 11.7 Å². The van der Waals surface area contributed by atoms with Gasteiger partial charge in [0, 0.05) is 29.0 Å². The van der Waals surface area contributed by atoms with E-state index in [0.29, 0.717) is 34.5 Å². The van der Waals surface area contributed by atoms with Gasteiger partial charge < -0.3 is 24.4 Å². The zero-order valence-electron chi connectivity index (χ0n) is 21.2. The Labute approximate surface area is 240 Å². The molecule has 0 bridgehead atoms. The van der Waals surface area contributed by atoms with Crippen molar-refractivity contribution in [3.05, 3.63) is 88.7 Å². The third-order valence-electron chi connectivity index (χ3n) is 5.61. The molecule has 0 saturated carbocycles. The Bertz CT molecular complexity index is 1270. The molecule has 2 heterocycles. The van der Waals surface area contributed by atoms with Crippen molar-refractivity contribution in [1.29, 1.82) is 0 Å². The van der Waals surface area contributed by atoms with E-state index in [-0.39, 0.29) is 11.5 Å². The number of hydrogen-bond donors (Lipinski definition) is 2. The summed E-state index contributed by atoms with van der Waals surface area (Å²) in [7, 11) is 2.08. The number of rotatable bonds is 5. The summed E-state index contributed by atoms with van der Waals surface area (Å²) in [6.45, 7) is 3.41. The van der Waals surface area contributed by atoms with Crippen LogP contribution in [-0.2, 0) is 9.47 Å². The molecule has 5 rings (SSSR count). The first-order chi connectivity index (χ1) is 18.9. The molecule has 2 N–H and O–H groups in total. The maximum absolute atomic E-state index is 13.4. The Balaban J connectivity index is 0.000000438. The van der Waals surface area contributed by atoms with E-state index in [0.717, 1.165) is 37.4 Å². The maximum atomic E-state index is 13.4. The highest BCUT2D eigenvalue weighted by Gasteiger charge is 2.15. The van der Waals surface area contributed by atoms with Crippen molar-refractivity contribution >= 4 is 64.4 Å². The number of nitrogens with zero attached hydrogens (tertiary/aromatic N) is 2. The standard InChI is InChI=1S/C23H19ClFN3O3S.C4H9NOS/c24-20-9-6-18(13-21(20)27-23(30)16-2-1-3-17(25)12-16)26-22(29)15-4-7-19(8-5-15)28-10-11-31-14-32-28;1-5-2-3-6-4-7-5/h1-9,12-13H,10-11,14H2,(H,26,29)(H,27,30);2-4H2,1H3. The van der Waals surface area contributed by atoms with E-state index in [9.17, 15) is 14.0 Å². The third kappa shape index (κ3) is 8.85. The minimum Gasteiger partial charge on any atom is -0.368 e. The summed E-state index contributed by atoms with van der Waals surface area (Å²) in [6.07, 6.45) is 0. The number of halogens is 2. The number of carbonyl (C=O) groups is 2. The highest BCUT2D eigenvalue weighted by atomic mass is 35.5. The van der Waals surface area contributed by atoms with Gasteiger partial charge in [0.15, 0.2) is 0 Å². The summed E-state index contributed by atoms with van der Waals surface area (Å²) in [5.41, 5.74) is 2.42. The average Bonchev–Trinajstić information content (AvgIpc) is 2.96. The van der Waals surface area contributed by atoms with Gasteiger partial charge in [-0.25, -0.2) is 8.70 Å². The van der Waals surface area contributed by atoms with Crippen molar-refractivity contribution in [1.82, 2.24) is 4.31 Å². The summed E-state index contributed by atoms with van der Waals surface area (Å²) in [5.74, 6) is 0.123. The lowest BCUT2D eigenvalue weighted by Gasteiger charge is -2.27. The molecule has 3 aromatic rings. The van der Waals surface area contributed by atoms with Gasteiger partial charge in [-0.05, 0) is 79.7 Å². The topological polar surface area (TPSA) is 83.1 Å². The van der Waals surface area contributed by atoms with Crippen LogP contribution in [0.4, 0.5) is 21.5 Å². The van der Waals surface area contributed by atoms with Gasteiger partial charge in [-0.2, -0.15) is 0 Å². The molecule has 0 aromatic heterocycles. The molecule has 0 unspecified atom stereocenters. The van der Waals surface area contributed by atoms with Gasteiger partial charge in [0.05, 0.1) is 30.5 Å². The fourth-order valence-electron chi connectivity index (χ4n) is 3.52. The predicted octanol–water partition coefficient (Wildman–Crippen LogP) is 5.98. The molecule has 0 aliphatic carbocycles. The number of amides is 2. The summed E-state index contributed by atoms with van der Waals surface area (Å²) >= 11 is 9.50. The van der Waals surface area contributed by atoms with Crippen LogP contribution in [0.5, 0.6) is 0 Å². The van der Waals surface area contributed by atoms with Gasteiger partial charge in [0.2, 0.25) is 0 Å². The normalized spacial score (nSPS) is 15.6. The molecule has 0 radical (unpaired) electrons. The Morgan fingerprint density at radius 1 is 0.872 bits per heavy atom. The molecule has 206 valence electrons. The third-order valence-corrected chi connectivity index (χ3v) is 7.82. The number of benzene rings is 3. The molecule has 2 aliphatic rings. The minimum absolute atomic E-state index is 0.161. The molecule has 0 atom stereocenters. The summed E-state index contributed by atoms with van der Waals surface area (Å²) in [5, 5.41) is 5.74. The Morgan fingerprint density at radius 2 is 1.59 bits per heavy atom. The fourth-order valence-corrected chi connectivity index (χ4v) is 5.06. The minimum atomic E-state index is -0.511. The second-order valence-electron chi connectivity index (χ2n) is 8.42. The van der Waals surface area contributed by atoms with Crippen molar-refractivity contribution < 1.29 is 23.5 Å². The Kier molecular flexibility index (Phi) is 10.9. The second kappa shape index (κ2) is 14.5. The second-order valence-corrected chi connectivity index (χ2v) is 10.9. The van der Waals surface area contributed by atoms with Crippen molar-refractivity contribution in [3.8, 4) is 0 Å². The number of hydrogen-bond acceptors (Lipinski definition) is 8. The van der Waals surface area contributed by atoms with Crippen molar-refractivity contribution in [2.24, 2.45) is 0 Å². The molecule has 2 amide bonds. The van der Waals surface area contributed by atoms with E-state index in [1.54, 1.807) is 54.2 Å². The van der Waals surface area contributed by atoms with E-state index in [1.807, 2.05) is 12.1 Å². The van der Waals surface area contributed by atoms with Crippen LogP contribution in [0.15, 0.2) is 66.7 Å². The number of likely N-dealkylation sites (N-methyl/N-ethyl adjacent to an activating group) is 1. The number of anilines is 3. The van der Waals surface area contributed by atoms with Gasteiger partial charge in [-0.3, -0.25) is 9.59 Å². The van der Waals surface area contributed by atoms with Crippen LogP contribution in [0, 0.1) is 5.82 Å². The van der Waals surface area contributed by atoms with Crippen LogP contribution >= 0.6 is 35.5 Å². The quantitative estimate of drug-likeness (QED) is 0.351. The van der Waals surface area contributed by atoms with Crippen LogP contribution in [0.2, 0.25) is 5.02 Å². The number of carbonyl (C=O) groups excluding carboxylic acids is 2. The van der Waals surface area contributed by atoms with Crippen LogP contribution in [0.1, 0.15) is 20.7 Å². The molecule has 2 aliphatic heterocycles. The molecular weight excluding hydrogens is 563 g/mol. The molecule has 39 heavy (non-hydrogen) atoms. The molecule has 0 spiro atoms. The SMILES string of the molecule is CN1CCOCS1.O=C(Nc1ccc(Cl)c(NC(=O)c2cccc(F)c2)c1)c1ccc(N2CCOCS2)cc1. The summed E-state index contributed by atoms with van der Waals surface area (Å²) in [4.78, 5) is 25.1. The Hall–Kier alpha value is -2.80. The van der Waals surface area contributed by atoms with Gasteiger partial charge in [0.25, 0.3) is 11.8 Å². The summed E-state index contributed by atoms with van der Waals surface area (Å²) < 4.78 is 28.1. The van der Waals surface area contributed by atoms with Crippen molar-refractivity contribution in [2.45, 2.75) is 0 Å². The molecule has 3 aromatic carbocycles. The van der Waals surface area contributed by atoms with Crippen LogP contribution < -0.4 is 14.9 Å². The van der Waals surface area contributed by atoms with Crippen molar-refractivity contribution in [2.75, 3.05) is 60.2 Å². The lowest BCUT2D eigenvalue weighted by atomic mass is 10.1. The highest BCUT2D eigenvalue weighted by Crippen LogP contribution is 2.28. The van der Waals surface area contributed by atoms with E-state index in [1.165, 1.54) is 18.2 Å². The van der Waals surface area contributed by atoms with Gasteiger partial charge in [-0.15, -0.1) is 0 Å². The molecule has 2 fully saturated rings. The highest BCUT2D eigenvalue weighted by molar-refractivity contribution is 8.00. The van der Waals surface area contributed by atoms with E-state index >= 15 is 0 Å². The zero-order chi connectivity index (χ0) is 27.6. The van der Waals surface area contributed by atoms with Gasteiger partial charge in [-0.1, -0.05) is 29.6 Å². The molecule has 2 saturated heterocycles. The molecule has 8 nitrogen and oxygen atoms in total. The number of nitrogens with one attached hydrogen (secondary N) is 2. The van der Waals surface area contributed by atoms with Crippen molar-refractivity contribution in [3.63, 3.8) is 0 Å². The summed E-state index contributed by atoms with van der Waals surface area (Å²) in [6, 6.07) is 17.4. The lowest BCUT2D eigenvalue weighted by Crippen LogP contribution is -2.26. The monoisotopic (exact) mass is 590 g/mol. The van der Waals surface area contributed by atoms with E-state index in [4.69, 9.17) is 21.1 Å². The average molecular weight is 591 g/mol. The van der Waals surface area contributed by atoms with Crippen LogP contribution in [0.3, 0.4) is 0 Å². The Morgan fingerprint density at radius 3 is 2.21 bits per heavy atom. The first-order valence-electron chi connectivity index (χ1n) is 12.1. The lowest BCUT2D eigenvalue weighted by molar-refractivity contribution is 0.101. The first-order valence-corrected chi connectivity index (χ1v) is 14.3. The van der Waals surface area contributed by atoms with E-state index in [2.05, 4.69) is 26.3 Å². The fraction of sp³-hybridized carbons (Fsp3) is 0.259. The first kappa shape index (κ1) is 29.2. The van der Waals surface area contributed by atoms with Gasteiger partial charge in [0.1, 0.15) is 17.7 Å². The van der Waals surface area contributed by atoms with Gasteiger partial charge >= 0.3 is 0 Å². The smallest absolute Gasteiger partial charge is 0.255 e. The van der Waals surface area contributed by atoms with Crippen LogP contribution in [0.25, 0.3) is 0 Å². The van der Waals surface area contributed by atoms with Crippen LogP contribution in [-0.4, -0.2) is 61.3 Å².